The van der Waals surface area contributed by atoms with Crippen LogP contribution < -0.4 is 15.6 Å². The summed E-state index contributed by atoms with van der Waals surface area (Å²) in [7, 11) is 3.88. The van der Waals surface area contributed by atoms with E-state index >= 15 is 0 Å². The molecule has 0 unspecified atom stereocenters. The first-order valence-corrected chi connectivity index (χ1v) is 12.3. The zero-order chi connectivity index (χ0) is 24.7. The number of halogens is 2. The minimum atomic E-state index is -0.600. The first kappa shape index (κ1) is 25.7. The number of aromatic hydroxyl groups is 1. The van der Waals surface area contributed by atoms with Gasteiger partial charge in [0, 0.05) is 34.5 Å². The number of nitrogens with one attached hydrogen (secondary N) is 2. The van der Waals surface area contributed by atoms with E-state index in [-0.39, 0.29) is 11.4 Å². The van der Waals surface area contributed by atoms with Gasteiger partial charge in [0.1, 0.15) is 11.4 Å². The normalized spacial score (nSPS) is 11.4. The van der Waals surface area contributed by atoms with E-state index in [0.717, 1.165) is 14.8 Å². The number of hydrogen-bond donors (Lipinski definition) is 3. The van der Waals surface area contributed by atoms with Gasteiger partial charge >= 0.3 is 0 Å². The van der Waals surface area contributed by atoms with E-state index in [1.54, 1.807) is 36.4 Å². The van der Waals surface area contributed by atoms with Crippen molar-refractivity contribution in [1.29, 1.82) is 0 Å². The topological polar surface area (TPSA) is 94.0 Å². The minimum Gasteiger partial charge on any atom is -0.506 e. The van der Waals surface area contributed by atoms with Crippen molar-refractivity contribution < 1.29 is 14.7 Å². The van der Waals surface area contributed by atoms with Gasteiger partial charge in [-0.3, -0.25) is 9.59 Å². The first-order chi connectivity index (χ1) is 16.2. The molecule has 0 radical (unpaired) electrons. The summed E-state index contributed by atoms with van der Waals surface area (Å²) < 4.78 is 1.60. The number of nitrogens with zero attached hydrogens (tertiary/aromatic N) is 2. The van der Waals surface area contributed by atoms with Gasteiger partial charge in [-0.1, -0.05) is 30.3 Å². The lowest BCUT2D eigenvalue weighted by molar-refractivity contribution is -0.117. The molecule has 2 amide bonds. The smallest absolute Gasteiger partial charge is 0.287 e. The summed E-state index contributed by atoms with van der Waals surface area (Å²) >= 11 is 4.16. The molecule has 0 aliphatic rings. The fraction of sp³-hybridized carbons (Fsp3) is 0.0800. The summed E-state index contributed by atoms with van der Waals surface area (Å²) in [5.74, 6) is -0.939. The molecule has 0 aliphatic heterocycles. The van der Waals surface area contributed by atoms with Crippen LogP contribution in [0.3, 0.4) is 0 Å². The molecule has 0 saturated carbocycles. The fourth-order valence-electron chi connectivity index (χ4n) is 2.88. The van der Waals surface area contributed by atoms with Gasteiger partial charge in [0.05, 0.1) is 9.78 Å². The van der Waals surface area contributed by atoms with Crippen molar-refractivity contribution >= 4 is 75.0 Å². The largest absolute Gasteiger partial charge is 0.506 e. The number of benzene rings is 3. The summed E-state index contributed by atoms with van der Waals surface area (Å²) in [6.07, 6.45) is 2.94. The molecule has 0 atom stereocenters. The molecule has 9 heteroatoms. The van der Waals surface area contributed by atoms with Crippen LogP contribution >= 0.6 is 45.2 Å². The Balaban J connectivity index is 1.84. The van der Waals surface area contributed by atoms with Crippen molar-refractivity contribution in [3.05, 3.63) is 96.3 Å². The zero-order valence-electron chi connectivity index (χ0n) is 18.4. The Morgan fingerprint density at radius 3 is 2.32 bits per heavy atom. The van der Waals surface area contributed by atoms with Gasteiger partial charge in [0.25, 0.3) is 11.8 Å². The maximum absolute atomic E-state index is 12.9. The van der Waals surface area contributed by atoms with Crippen molar-refractivity contribution in [2.24, 2.45) is 5.10 Å². The van der Waals surface area contributed by atoms with E-state index in [9.17, 15) is 14.7 Å². The molecule has 34 heavy (non-hydrogen) atoms. The number of anilines is 1. The highest BCUT2D eigenvalue weighted by molar-refractivity contribution is 14.1. The molecule has 3 rings (SSSR count). The quantitative estimate of drug-likeness (QED) is 0.148. The number of phenolic OH excluding ortho intramolecular Hbond substituents is 1. The molecule has 0 heterocycles. The van der Waals surface area contributed by atoms with Gasteiger partial charge in [-0.15, -0.1) is 0 Å². The Bertz CT molecular complexity index is 1240. The molecular weight excluding hydrogens is 658 g/mol. The van der Waals surface area contributed by atoms with Crippen LogP contribution in [0.5, 0.6) is 5.75 Å². The number of hydrazone groups is 1. The maximum atomic E-state index is 12.9. The second kappa shape index (κ2) is 12.0. The number of phenols is 1. The summed E-state index contributed by atoms with van der Waals surface area (Å²) in [6, 6.07) is 19.7. The van der Waals surface area contributed by atoms with E-state index < -0.39 is 11.8 Å². The Morgan fingerprint density at radius 2 is 1.68 bits per heavy atom. The Hall–Kier alpha value is -2.93. The number of rotatable bonds is 7. The molecule has 174 valence electrons. The van der Waals surface area contributed by atoms with E-state index in [2.05, 4.69) is 38.4 Å². The Labute approximate surface area is 225 Å². The second-order valence-electron chi connectivity index (χ2n) is 7.39. The van der Waals surface area contributed by atoms with E-state index in [0.29, 0.717) is 14.7 Å². The molecule has 0 fully saturated rings. The Kier molecular flexibility index (Phi) is 9.05. The third-order valence-electron chi connectivity index (χ3n) is 4.68. The average Bonchev–Trinajstić information content (AvgIpc) is 2.82. The van der Waals surface area contributed by atoms with Crippen molar-refractivity contribution in [3.63, 3.8) is 0 Å². The average molecular weight is 680 g/mol. The summed E-state index contributed by atoms with van der Waals surface area (Å²) in [5.41, 5.74) is 5.09. The lowest BCUT2D eigenvalue weighted by Gasteiger charge is -2.12. The second-order valence-corrected chi connectivity index (χ2v) is 9.80. The first-order valence-electron chi connectivity index (χ1n) is 10.1. The summed E-state index contributed by atoms with van der Waals surface area (Å²) in [6.45, 7) is 0. The number of hydrogen-bond acceptors (Lipinski definition) is 5. The number of carbonyl (C=O) groups excluding carboxylic acids is 2. The van der Waals surface area contributed by atoms with Crippen molar-refractivity contribution in [2.45, 2.75) is 0 Å². The monoisotopic (exact) mass is 680 g/mol. The molecule has 0 aliphatic carbocycles. The van der Waals surface area contributed by atoms with Gasteiger partial charge in [0.2, 0.25) is 0 Å². The lowest BCUT2D eigenvalue weighted by atomic mass is 10.1. The molecule has 0 spiro atoms. The number of amides is 2. The van der Waals surface area contributed by atoms with E-state index in [4.69, 9.17) is 0 Å². The van der Waals surface area contributed by atoms with Gasteiger partial charge in [-0.25, -0.2) is 5.43 Å². The van der Waals surface area contributed by atoms with Crippen molar-refractivity contribution in [2.75, 3.05) is 19.0 Å². The fourth-order valence-corrected chi connectivity index (χ4v) is 4.77. The van der Waals surface area contributed by atoms with Crippen LogP contribution in [-0.2, 0) is 4.79 Å². The molecule has 3 aromatic rings. The van der Waals surface area contributed by atoms with Crippen LogP contribution in [-0.4, -0.2) is 37.2 Å². The van der Waals surface area contributed by atoms with Crippen molar-refractivity contribution in [1.82, 2.24) is 10.7 Å². The molecule has 3 N–H and O–H groups in total. The minimum absolute atomic E-state index is 0.0325. The zero-order valence-corrected chi connectivity index (χ0v) is 22.7. The van der Waals surface area contributed by atoms with Crippen LogP contribution in [0.1, 0.15) is 21.5 Å². The third-order valence-corrected chi connectivity index (χ3v) is 6.12. The van der Waals surface area contributed by atoms with Gasteiger partial charge in [-0.05, 0) is 93.2 Å². The highest BCUT2D eigenvalue weighted by Gasteiger charge is 2.14. The van der Waals surface area contributed by atoms with Gasteiger partial charge in [-0.2, -0.15) is 5.10 Å². The molecular formula is C25H22I2N4O3. The summed E-state index contributed by atoms with van der Waals surface area (Å²) in [5, 5.41) is 16.9. The van der Waals surface area contributed by atoms with Gasteiger partial charge < -0.3 is 15.3 Å². The summed E-state index contributed by atoms with van der Waals surface area (Å²) in [4.78, 5) is 27.6. The predicted molar refractivity (Wildman–Crippen MR) is 152 cm³/mol. The lowest BCUT2D eigenvalue weighted by Crippen LogP contribution is -2.32. The molecule has 0 aromatic heterocycles. The number of carbonyl (C=O) groups is 2. The SMILES string of the molecule is CN(C)c1ccc(C=C(NC(=O)c2ccccc2)C(=O)NN=Cc2cc(I)cc(I)c2O)cc1. The van der Waals surface area contributed by atoms with Crippen LogP contribution in [0.25, 0.3) is 6.08 Å². The standard InChI is InChI=1S/C25H22I2N4O3/c1-31(2)20-10-8-16(9-11-20)12-22(29-24(33)17-6-4-3-5-7-17)25(34)30-28-15-18-13-19(26)14-21(27)23(18)32/h3-15,32H,1-2H3,(H,29,33)(H,30,34). The molecule has 0 saturated heterocycles. The van der Waals surface area contributed by atoms with Crippen LogP contribution in [0.15, 0.2) is 77.5 Å². The maximum Gasteiger partial charge on any atom is 0.287 e. The highest BCUT2D eigenvalue weighted by atomic mass is 127. The predicted octanol–water partition coefficient (Wildman–Crippen LogP) is 4.59. The van der Waals surface area contributed by atoms with E-state index in [1.165, 1.54) is 6.21 Å². The third kappa shape index (κ3) is 7.03. The molecule has 7 nitrogen and oxygen atoms in total. The van der Waals surface area contributed by atoms with Gasteiger partial charge in [0.15, 0.2) is 0 Å². The molecule has 0 bridgehead atoms. The van der Waals surface area contributed by atoms with Crippen molar-refractivity contribution in [3.8, 4) is 5.75 Å². The van der Waals surface area contributed by atoms with Crippen LogP contribution in [0.2, 0.25) is 0 Å². The highest BCUT2D eigenvalue weighted by Crippen LogP contribution is 2.25. The van der Waals surface area contributed by atoms with Crippen LogP contribution in [0.4, 0.5) is 5.69 Å². The molecule has 3 aromatic carbocycles. The Morgan fingerprint density at radius 1 is 1.00 bits per heavy atom. The van der Waals surface area contributed by atoms with Crippen LogP contribution in [0, 0.1) is 7.14 Å². The van der Waals surface area contributed by atoms with E-state index in [1.807, 2.05) is 78.0 Å².